The molecule has 1 aliphatic rings. The van der Waals surface area contributed by atoms with Crippen LogP contribution in [0.5, 0.6) is 5.88 Å². The first-order valence-corrected chi connectivity index (χ1v) is 10.8. The van der Waals surface area contributed by atoms with Gasteiger partial charge in [-0.25, -0.2) is 19.6 Å². The van der Waals surface area contributed by atoms with Crippen LogP contribution in [0.3, 0.4) is 0 Å². The molecule has 8 nitrogen and oxygen atoms in total. The number of ether oxygens (including phenoxy) is 2. The van der Waals surface area contributed by atoms with Gasteiger partial charge in [0, 0.05) is 11.8 Å². The number of pyridine rings is 1. The van der Waals surface area contributed by atoms with E-state index in [1.807, 2.05) is 29.8 Å². The average molecular weight is 482 g/mol. The predicted octanol–water partition coefficient (Wildman–Crippen LogP) is 4.48. The van der Waals surface area contributed by atoms with Crippen molar-refractivity contribution in [1.29, 1.82) is 0 Å². The fourth-order valence-corrected chi connectivity index (χ4v) is 3.95. The Hall–Kier alpha value is -3.99. The number of fused-ring (bicyclic) bond motifs is 1. The molecule has 0 radical (unpaired) electrons. The Morgan fingerprint density at radius 2 is 1.94 bits per heavy atom. The quantitative estimate of drug-likeness (QED) is 0.417. The summed E-state index contributed by atoms with van der Waals surface area (Å²) < 4.78 is 55.2. The Labute approximate surface area is 198 Å². The van der Waals surface area contributed by atoms with E-state index in [0.717, 1.165) is 17.4 Å². The van der Waals surface area contributed by atoms with Gasteiger partial charge in [0.15, 0.2) is 11.6 Å². The second-order valence-electron chi connectivity index (χ2n) is 7.91. The highest BCUT2D eigenvalue weighted by atomic mass is 19.4. The molecular weight excluding hydrogens is 461 g/mol. The molecule has 0 spiro atoms. The normalized spacial score (nSPS) is 16.0. The number of hydrogen-bond acceptors (Lipinski definition) is 6. The molecule has 180 valence electrons. The number of benzene rings is 1. The maximum absolute atomic E-state index is 13.6. The lowest BCUT2D eigenvalue weighted by atomic mass is 10.0. The Morgan fingerprint density at radius 3 is 2.69 bits per heavy atom. The number of aromatic nitrogens is 6. The summed E-state index contributed by atoms with van der Waals surface area (Å²) in [7, 11) is 1.53. The molecule has 3 aromatic heterocycles. The van der Waals surface area contributed by atoms with Crippen molar-refractivity contribution in [3.63, 3.8) is 0 Å². The minimum atomic E-state index is -4.50. The zero-order valence-electron chi connectivity index (χ0n) is 18.9. The minimum absolute atomic E-state index is 0.0145. The van der Waals surface area contributed by atoms with Crippen LogP contribution in [0, 0.1) is 6.92 Å². The summed E-state index contributed by atoms with van der Waals surface area (Å²) in [4.78, 5) is 13.2. The van der Waals surface area contributed by atoms with Crippen molar-refractivity contribution < 1.29 is 22.6 Å². The molecule has 1 aromatic carbocycles. The molecule has 1 aliphatic heterocycles. The molecule has 0 N–H and O–H groups in total. The summed E-state index contributed by atoms with van der Waals surface area (Å²) in [5.41, 5.74) is 1.48. The number of hydrogen-bond donors (Lipinski definition) is 0. The number of aryl methyl sites for hydroxylation is 1. The fourth-order valence-electron chi connectivity index (χ4n) is 3.95. The summed E-state index contributed by atoms with van der Waals surface area (Å²) in [6.45, 7) is 2.51. The number of halogens is 3. The van der Waals surface area contributed by atoms with Crippen LogP contribution < -0.4 is 4.74 Å². The molecule has 0 amide bonds. The lowest BCUT2D eigenvalue weighted by Gasteiger charge is -2.25. The first-order chi connectivity index (χ1) is 16.8. The van der Waals surface area contributed by atoms with Crippen LogP contribution in [0.4, 0.5) is 13.2 Å². The van der Waals surface area contributed by atoms with Crippen molar-refractivity contribution in [2.24, 2.45) is 0 Å². The monoisotopic (exact) mass is 482 g/mol. The Bertz CT molecular complexity index is 1390. The van der Waals surface area contributed by atoms with Gasteiger partial charge in [-0.2, -0.15) is 18.3 Å². The van der Waals surface area contributed by atoms with E-state index in [1.165, 1.54) is 19.2 Å². The van der Waals surface area contributed by atoms with E-state index in [4.69, 9.17) is 9.47 Å². The zero-order valence-corrected chi connectivity index (χ0v) is 18.9. The third kappa shape index (κ3) is 4.54. The Morgan fingerprint density at radius 1 is 1.11 bits per heavy atom. The molecule has 4 heterocycles. The van der Waals surface area contributed by atoms with E-state index < -0.39 is 17.8 Å². The topological polar surface area (TPSA) is 79.9 Å². The first kappa shape index (κ1) is 22.8. The van der Waals surface area contributed by atoms with Gasteiger partial charge in [0.2, 0.25) is 5.88 Å². The highest BCUT2D eigenvalue weighted by Crippen LogP contribution is 2.38. The van der Waals surface area contributed by atoms with Crippen LogP contribution in [0.25, 0.3) is 17.8 Å². The second-order valence-corrected chi connectivity index (χ2v) is 7.91. The first-order valence-electron chi connectivity index (χ1n) is 10.8. The van der Waals surface area contributed by atoms with Gasteiger partial charge in [0.1, 0.15) is 11.8 Å². The molecule has 11 heteroatoms. The zero-order chi connectivity index (χ0) is 24.6. The molecule has 0 aliphatic carbocycles. The highest BCUT2D eigenvalue weighted by molar-refractivity contribution is 5.65. The van der Waals surface area contributed by atoms with E-state index in [2.05, 4.69) is 20.1 Å². The van der Waals surface area contributed by atoms with Crippen LogP contribution in [0.1, 0.15) is 40.3 Å². The molecule has 1 atom stereocenters. The van der Waals surface area contributed by atoms with E-state index in [0.29, 0.717) is 29.8 Å². The van der Waals surface area contributed by atoms with Gasteiger partial charge < -0.3 is 14.0 Å². The van der Waals surface area contributed by atoms with Crippen molar-refractivity contribution in [1.82, 2.24) is 29.3 Å². The van der Waals surface area contributed by atoms with Crippen molar-refractivity contribution in [2.75, 3.05) is 13.7 Å². The predicted molar refractivity (Wildman–Crippen MR) is 121 cm³/mol. The van der Waals surface area contributed by atoms with Crippen molar-refractivity contribution >= 4 is 12.2 Å². The summed E-state index contributed by atoms with van der Waals surface area (Å²) >= 11 is 0. The van der Waals surface area contributed by atoms with Gasteiger partial charge in [-0.05, 0) is 37.3 Å². The number of rotatable bonds is 5. The maximum Gasteiger partial charge on any atom is 0.416 e. The van der Waals surface area contributed by atoms with E-state index in [9.17, 15) is 13.2 Å². The smallest absolute Gasteiger partial charge is 0.416 e. The summed E-state index contributed by atoms with van der Waals surface area (Å²) in [6.07, 6.45) is 1.45. The maximum atomic E-state index is 13.6. The summed E-state index contributed by atoms with van der Waals surface area (Å²) in [5, 5.41) is 4.43. The largest absolute Gasteiger partial charge is 0.479 e. The minimum Gasteiger partial charge on any atom is -0.479 e. The molecule has 5 rings (SSSR count). The van der Waals surface area contributed by atoms with Crippen molar-refractivity contribution in [3.8, 4) is 11.6 Å². The molecule has 0 saturated heterocycles. The Kier molecular flexibility index (Phi) is 5.85. The molecular formula is C24H21F3N6O2. The average Bonchev–Trinajstić information content (AvgIpc) is 3.47. The third-order valence-corrected chi connectivity index (χ3v) is 5.54. The Balaban J connectivity index is 1.43. The van der Waals surface area contributed by atoms with Gasteiger partial charge in [-0.3, -0.25) is 0 Å². The van der Waals surface area contributed by atoms with Gasteiger partial charge >= 0.3 is 6.18 Å². The van der Waals surface area contributed by atoms with E-state index >= 15 is 0 Å². The lowest BCUT2D eigenvalue weighted by molar-refractivity contribution is -0.139. The van der Waals surface area contributed by atoms with Crippen LogP contribution in [-0.2, 0) is 17.5 Å². The summed E-state index contributed by atoms with van der Waals surface area (Å²) in [5.74, 6) is 1.08. The standard InChI is InChI=1S/C24H21F3N6O2/c1-15-13-32(14-28-15)19-9-7-16(29-23(19)34-2)8-10-20-30-22-21(35-12-11-33(22)31-20)17-5-3-4-6-18(17)24(25,26)27/h3-10,13-14,21H,11-12H2,1-2H3. The summed E-state index contributed by atoms with van der Waals surface area (Å²) in [6, 6.07) is 9.03. The van der Waals surface area contributed by atoms with E-state index in [-0.39, 0.29) is 12.2 Å². The second kappa shape index (κ2) is 8.99. The van der Waals surface area contributed by atoms with Gasteiger partial charge in [0.25, 0.3) is 0 Å². The van der Waals surface area contributed by atoms with Crippen LogP contribution >= 0.6 is 0 Å². The van der Waals surface area contributed by atoms with Gasteiger partial charge in [-0.1, -0.05) is 18.2 Å². The number of imidazole rings is 1. The third-order valence-electron chi connectivity index (χ3n) is 5.54. The van der Waals surface area contributed by atoms with Crippen LogP contribution in [0.2, 0.25) is 0 Å². The molecule has 0 bridgehead atoms. The molecule has 0 saturated carbocycles. The molecule has 0 fully saturated rings. The van der Waals surface area contributed by atoms with Crippen molar-refractivity contribution in [2.45, 2.75) is 25.7 Å². The van der Waals surface area contributed by atoms with Crippen LogP contribution in [0.15, 0.2) is 48.9 Å². The molecule has 35 heavy (non-hydrogen) atoms. The van der Waals surface area contributed by atoms with Gasteiger partial charge in [-0.15, -0.1) is 0 Å². The number of alkyl halides is 3. The number of methoxy groups -OCH3 is 1. The van der Waals surface area contributed by atoms with E-state index in [1.54, 1.807) is 29.2 Å². The molecule has 1 unspecified atom stereocenters. The SMILES string of the molecule is COc1nc(C=Cc2nc3n(n2)CCOC3c2ccccc2C(F)(F)F)ccc1-n1cnc(C)c1. The van der Waals surface area contributed by atoms with Gasteiger partial charge in [0.05, 0.1) is 43.5 Å². The van der Waals surface area contributed by atoms with Crippen LogP contribution in [-0.4, -0.2) is 43.0 Å². The lowest BCUT2D eigenvalue weighted by Crippen LogP contribution is -2.25. The van der Waals surface area contributed by atoms with Crippen molar-refractivity contribution in [3.05, 3.63) is 83.1 Å². The molecule has 4 aromatic rings. The number of nitrogens with zero attached hydrogens (tertiary/aromatic N) is 6. The fraction of sp³-hybridized carbons (Fsp3) is 0.250. The highest BCUT2D eigenvalue weighted by Gasteiger charge is 2.38.